The maximum Gasteiger partial charge on any atom is 0.147 e. The van der Waals surface area contributed by atoms with E-state index in [1.165, 1.54) is 6.07 Å². The van der Waals surface area contributed by atoms with Crippen LogP contribution in [0.2, 0.25) is 0 Å². The zero-order valence-corrected chi connectivity index (χ0v) is 16.2. The van der Waals surface area contributed by atoms with E-state index in [4.69, 9.17) is 4.74 Å². The number of ether oxygens (including phenoxy) is 1. The van der Waals surface area contributed by atoms with Gasteiger partial charge in [-0.3, -0.25) is 0 Å². The molecule has 2 aromatic rings. The Morgan fingerprint density at radius 3 is 2.71 bits per heavy atom. The first-order chi connectivity index (χ1) is 11.6. The Hall–Kier alpha value is -1.33. The minimum atomic E-state index is -0.225. The smallest absolute Gasteiger partial charge is 0.147 e. The summed E-state index contributed by atoms with van der Waals surface area (Å²) in [7, 11) is 1.67. The molecule has 1 N–H and O–H groups in total. The van der Waals surface area contributed by atoms with E-state index in [-0.39, 0.29) is 17.8 Å². The van der Waals surface area contributed by atoms with E-state index in [1.807, 2.05) is 18.2 Å². The van der Waals surface area contributed by atoms with Gasteiger partial charge in [0.05, 0.1) is 18.8 Å². The summed E-state index contributed by atoms with van der Waals surface area (Å²) in [4.78, 5) is 0. The van der Waals surface area contributed by atoms with Crippen molar-refractivity contribution in [2.75, 3.05) is 12.4 Å². The first kappa shape index (κ1) is 16.2. The Labute approximate surface area is 157 Å². The van der Waals surface area contributed by atoms with Gasteiger partial charge >= 0.3 is 0 Å². The van der Waals surface area contributed by atoms with Gasteiger partial charge in [-0.05, 0) is 48.2 Å². The molecule has 5 heteroatoms. The summed E-state index contributed by atoms with van der Waals surface area (Å²) in [6.45, 7) is 0. The molecular weight excluding hydrogens is 437 g/mol. The summed E-state index contributed by atoms with van der Waals surface area (Å²) in [6, 6.07) is 9.51. The molecule has 0 saturated heterocycles. The van der Waals surface area contributed by atoms with Gasteiger partial charge in [0, 0.05) is 20.4 Å². The lowest BCUT2D eigenvalue weighted by molar-refractivity contribution is 0.379. The van der Waals surface area contributed by atoms with Crippen LogP contribution in [0.3, 0.4) is 0 Å². The Kier molecular flexibility index (Phi) is 4.17. The highest BCUT2D eigenvalue weighted by Crippen LogP contribution is 2.52. The second-order valence-corrected chi connectivity index (χ2v) is 8.04. The molecule has 0 bridgehead atoms. The number of fused-ring (bicyclic) bond motifs is 3. The fraction of sp³-hybridized carbons (Fsp3) is 0.263. The molecule has 0 amide bonds. The molecule has 4 rings (SSSR count). The second kappa shape index (κ2) is 6.19. The zero-order chi connectivity index (χ0) is 16.8. The number of benzene rings is 2. The highest BCUT2D eigenvalue weighted by molar-refractivity contribution is 9.10. The van der Waals surface area contributed by atoms with Crippen LogP contribution in [-0.4, -0.2) is 7.11 Å². The summed E-state index contributed by atoms with van der Waals surface area (Å²) >= 11 is 6.95. The molecule has 124 valence electrons. The number of allylic oxidation sites excluding steroid dienone is 2. The summed E-state index contributed by atoms with van der Waals surface area (Å²) in [5.41, 5.74) is 2.67. The third-order valence-electron chi connectivity index (χ3n) is 4.91. The van der Waals surface area contributed by atoms with E-state index in [1.54, 1.807) is 7.11 Å². The van der Waals surface area contributed by atoms with Crippen LogP contribution in [0.25, 0.3) is 0 Å². The molecule has 0 saturated carbocycles. The third kappa shape index (κ3) is 2.58. The predicted octanol–water partition coefficient (Wildman–Crippen LogP) is 6.19. The third-order valence-corrected chi connectivity index (χ3v) is 5.86. The van der Waals surface area contributed by atoms with E-state index < -0.39 is 0 Å². The lowest BCUT2D eigenvalue weighted by atomic mass is 9.77. The maximum atomic E-state index is 14.6. The number of anilines is 1. The number of nitrogens with one attached hydrogen (secondary N) is 1. The Morgan fingerprint density at radius 1 is 1.12 bits per heavy atom. The van der Waals surface area contributed by atoms with Crippen LogP contribution >= 0.6 is 31.9 Å². The van der Waals surface area contributed by atoms with Crippen LogP contribution < -0.4 is 10.1 Å². The number of hydrogen-bond donors (Lipinski definition) is 1. The molecular formula is C19H16Br2FNO. The van der Waals surface area contributed by atoms with Crippen LogP contribution in [0.15, 0.2) is 51.4 Å². The zero-order valence-electron chi connectivity index (χ0n) is 13.0. The fourth-order valence-corrected chi connectivity index (χ4v) is 4.70. The van der Waals surface area contributed by atoms with Crippen molar-refractivity contribution in [1.29, 1.82) is 0 Å². The van der Waals surface area contributed by atoms with E-state index in [0.717, 1.165) is 32.2 Å². The van der Waals surface area contributed by atoms with E-state index >= 15 is 0 Å². The normalized spacial score (nSPS) is 24.2. The molecule has 3 atom stereocenters. The van der Waals surface area contributed by atoms with E-state index in [2.05, 4.69) is 55.4 Å². The number of methoxy groups -OCH3 is 1. The second-order valence-electron chi connectivity index (χ2n) is 6.21. The highest BCUT2D eigenvalue weighted by atomic mass is 79.9. The molecule has 0 fully saturated rings. The number of hydrogen-bond acceptors (Lipinski definition) is 2. The lowest BCUT2D eigenvalue weighted by Crippen LogP contribution is -2.30. The van der Waals surface area contributed by atoms with Crippen molar-refractivity contribution in [3.05, 3.63) is 68.4 Å². The molecule has 1 aliphatic heterocycles. The monoisotopic (exact) mass is 451 g/mol. The quantitative estimate of drug-likeness (QED) is 0.548. The first-order valence-electron chi connectivity index (χ1n) is 7.84. The van der Waals surface area contributed by atoms with Crippen LogP contribution in [0.4, 0.5) is 10.1 Å². The van der Waals surface area contributed by atoms with Gasteiger partial charge < -0.3 is 10.1 Å². The maximum absolute atomic E-state index is 14.6. The van der Waals surface area contributed by atoms with Gasteiger partial charge in [-0.25, -0.2) is 4.39 Å². The van der Waals surface area contributed by atoms with Gasteiger partial charge in [0.15, 0.2) is 0 Å². The molecule has 1 heterocycles. The summed E-state index contributed by atoms with van der Waals surface area (Å²) in [5.74, 6) is 1.15. The topological polar surface area (TPSA) is 21.3 Å². The molecule has 2 aliphatic rings. The molecule has 0 radical (unpaired) electrons. The summed E-state index contributed by atoms with van der Waals surface area (Å²) in [6.07, 6.45) is 5.36. The summed E-state index contributed by atoms with van der Waals surface area (Å²) in [5, 5.41) is 3.45. The molecule has 2 nitrogen and oxygen atoms in total. The SMILES string of the molecule is COc1ccc(Br)cc1[C@H]1Nc2c(F)cc(Br)cc2C2C=CCC21. The number of rotatable bonds is 2. The average molecular weight is 453 g/mol. The van der Waals surface area contributed by atoms with Crippen molar-refractivity contribution in [2.45, 2.75) is 18.4 Å². The van der Waals surface area contributed by atoms with Gasteiger partial charge in [0.1, 0.15) is 11.6 Å². The van der Waals surface area contributed by atoms with Gasteiger partial charge in [0.25, 0.3) is 0 Å². The van der Waals surface area contributed by atoms with Crippen molar-refractivity contribution in [3.8, 4) is 5.75 Å². The minimum absolute atomic E-state index is 0.000579. The van der Waals surface area contributed by atoms with Crippen LogP contribution in [-0.2, 0) is 0 Å². The van der Waals surface area contributed by atoms with Crippen molar-refractivity contribution < 1.29 is 9.13 Å². The standard InChI is InChI=1S/C19H16Br2FNO/c1-24-17-6-5-10(20)7-15(17)18-13-4-2-3-12(13)14-8-11(21)9-16(22)19(14)23-18/h2-3,5-9,12-13,18,23H,4H2,1H3/t12?,13?,18-/m0/s1. The van der Waals surface area contributed by atoms with Gasteiger partial charge in [0.2, 0.25) is 0 Å². The fourth-order valence-electron chi connectivity index (χ4n) is 3.88. The lowest BCUT2D eigenvalue weighted by Gasteiger charge is -2.38. The van der Waals surface area contributed by atoms with Crippen molar-refractivity contribution >= 4 is 37.5 Å². The largest absolute Gasteiger partial charge is 0.496 e. The number of halogens is 3. The van der Waals surface area contributed by atoms with Crippen LogP contribution in [0, 0.1) is 11.7 Å². The Balaban J connectivity index is 1.86. The molecule has 1 aliphatic carbocycles. The molecule has 0 aromatic heterocycles. The van der Waals surface area contributed by atoms with Crippen molar-refractivity contribution in [2.24, 2.45) is 5.92 Å². The van der Waals surface area contributed by atoms with Crippen molar-refractivity contribution in [1.82, 2.24) is 0 Å². The van der Waals surface area contributed by atoms with Gasteiger partial charge in [-0.2, -0.15) is 0 Å². The first-order valence-corrected chi connectivity index (χ1v) is 9.42. The predicted molar refractivity (Wildman–Crippen MR) is 101 cm³/mol. The van der Waals surface area contributed by atoms with Crippen molar-refractivity contribution in [3.63, 3.8) is 0 Å². The summed E-state index contributed by atoms with van der Waals surface area (Å²) < 4.78 is 21.9. The Morgan fingerprint density at radius 2 is 1.92 bits per heavy atom. The molecule has 2 aromatic carbocycles. The average Bonchev–Trinajstić information content (AvgIpc) is 3.04. The Bertz CT molecular complexity index is 836. The molecule has 0 spiro atoms. The van der Waals surface area contributed by atoms with Crippen LogP contribution in [0.5, 0.6) is 5.75 Å². The van der Waals surface area contributed by atoms with Gasteiger partial charge in [-0.1, -0.05) is 44.0 Å². The van der Waals surface area contributed by atoms with E-state index in [0.29, 0.717) is 11.6 Å². The molecule has 24 heavy (non-hydrogen) atoms. The van der Waals surface area contributed by atoms with Crippen LogP contribution in [0.1, 0.15) is 29.5 Å². The van der Waals surface area contributed by atoms with E-state index in [9.17, 15) is 4.39 Å². The molecule has 2 unspecified atom stereocenters. The van der Waals surface area contributed by atoms with Gasteiger partial charge in [-0.15, -0.1) is 0 Å². The minimum Gasteiger partial charge on any atom is -0.496 e. The highest BCUT2D eigenvalue weighted by Gasteiger charge is 2.40.